The number of benzene rings is 3. The van der Waals surface area contributed by atoms with E-state index in [1.807, 2.05) is 30.3 Å². The summed E-state index contributed by atoms with van der Waals surface area (Å²) in [7, 11) is 2.83. The molecule has 0 spiro atoms. The Morgan fingerprint density at radius 3 is 2.47 bits per heavy atom. The normalized spacial score (nSPS) is 15.2. The molecule has 1 aliphatic rings. The zero-order valence-electron chi connectivity index (χ0n) is 19.5. The Morgan fingerprint density at radius 2 is 1.78 bits per heavy atom. The van der Waals surface area contributed by atoms with Crippen LogP contribution in [0.25, 0.3) is 6.08 Å². The molecular weight excluding hydrogens is 518 g/mol. The molecule has 1 amide bonds. The summed E-state index contributed by atoms with van der Waals surface area (Å²) in [5, 5.41) is 0.621. The van der Waals surface area contributed by atoms with Gasteiger partial charge >= 0.3 is 5.97 Å². The van der Waals surface area contributed by atoms with Crippen molar-refractivity contribution in [3.05, 3.63) is 99.4 Å². The first-order chi connectivity index (χ1) is 17.4. The number of methoxy groups -OCH3 is 2. The minimum absolute atomic E-state index is 0.275. The molecule has 3 aromatic rings. The fourth-order valence-electron chi connectivity index (χ4n) is 3.66. The molecule has 4 rings (SSSR count). The summed E-state index contributed by atoms with van der Waals surface area (Å²) >= 11 is 12.8. The van der Waals surface area contributed by atoms with E-state index in [0.29, 0.717) is 32.6 Å². The average Bonchev–Trinajstić information content (AvgIpc) is 3.17. The van der Waals surface area contributed by atoms with E-state index in [4.69, 9.17) is 38.0 Å². The molecule has 0 aromatic heterocycles. The molecule has 0 bridgehead atoms. The van der Waals surface area contributed by atoms with Crippen LogP contribution >= 0.6 is 35.6 Å². The van der Waals surface area contributed by atoms with E-state index in [1.54, 1.807) is 55.7 Å². The maximum Gasteiger partial charge on any atom is 0.333 e. The highest BCUT2D eigenvalue weighted by atomic mass is 35.5. The molecule has 1 unspecified atom stereocenters. The minimum Gasteiger partial charge on any atom is -0.493 e. The Hall–Kier alpha value is -3.33. The van der Waals surface area contributed by atoms with Crippen LogP contribution in [-0.4, -0.2) is 35.3 Å². The van der Waals surface area contributed by atoms with Gasteiger partial charge in [-0.3, -0.25) is 9.69 Å². The van der Waals surface area contributed by atoms with Gasteiger partial charge < -0.3 is 14.2 Å². The van der Waals surface area contributed by atoms with Gasteiger partial charge in [0.05, 0.1) is 19.1 Å². The Balaban J connectivity index is 1.57. The van der Waals surface area contributed by atoms with E-state index < -0.39 is 12.0 Å². The van der Waals surface area contributed by atoms with Gasteiger partial charge in [-0.15, -0.1) is 0 Å². The van der Waals surface area contributed by atoms with E-state index in [9.17, 15) is 9.59 Å². The number of carbonyl (C=O) groups is 2. The number of ether oxygens (including phenoxy) is 3. The van der Waals surface area contributed by atoms with Crippen LogP contribution in [0.2, 0.25) is 5.02 Å². The minimum atomic E-state index is -0.968. The van der Waals surface area contributed by atoms with E-state index in [2.05, 4.69) is 0 Å². The molecule has 0 N–H and O–H groups in total. The van der Waals surface area contributed by atoms with E-state index in [1.165, 1.54) is 12.0 Å². The van der Waals surface area contributed by atoms with Crippen LogP contribution in [0.4, 0.5) is 0 Å². The van der Waals surface area contributed by atoms with Gasteiger partial charge in [0.25, 0.3) is 5.91 Å². The lowest BCUT2D eigenvalue weighted by Crippen LogP contribution is -2.37. The SMILES string of the molecule is COC(=O)C(c1ccccc1)N1C(=O)/C(=C/c2ccc(OCc3ccccc3Cl)c(OC)c2)SC1=S. The summed E-state index contributed by atoms with van der Waals surface area (Å²) in [5.74, 6) is 0.0997. The Labute approximate surface area is 223 Å². The molecule has 0 saturated carbocycles. The standard InChI is InChI=1S/C27H22ClNO5S2/c1-32-22-14-17(12-13-21(22)34-16-19-10-6-7-11-20(19)28)15-23-25(30)29(27(35)36-23)24(26(31)33-2)18-8-4-3-5-9-18/h3-15,24H,16H2,1-2H3/b23-15-. The molecule has 0 aliphatic carbocycles. The summed E-state index contributed by atoms with van der Waals surface area (Å²) in [5.41, 5.74) is 2.18. The summed E-state index contributed by atoms with van der Waals surface area (Å²) in [6.07, 6.45) is 1.71. The van der Waals surface area contributed by atoms with Gasteiger partial charge in [-0.1, -0.05) is 90.2 Å². The third-order valence-corrected chi connectivity index (χ3v) is 7.15. The highest BCUT2D eigenvalue weighted by molar-refractivity contribution is 8.26. The number of amides is 1. The van der Waals surface area contributed by atoms with Crippen LogP contribution in [0, 0.1) is 0 Å². The number of halogens is 1. The Bertz CT molecular complexity index is 1330. The molecule has 6 nitrogen and oxygen atoms in total. The van der Waals surface area contributed by atoms with E-state index >= 15 is 0 Å². The fraction of sp³-hybridized carbons (Fsp3) is 0.148. The van der Waals surface area contributed by atoms with Crippen LogP contribution < -0.4 is 9.47 Å². The first-order valence-corrected chi connectivity index (χ1v) is 12.5. The van der Waals surface area contributed by atoms with Crippen molar-refractivity contribution in [1.82, 2.24) is 4.90 Å². The molecule has 1 aliphatic heterocycles. The molecule has 36 heavy (non-hydrogen) atoms. The number of thiocarbonyl (C=S) groups is 1. The second-order valence-corrected chi connectivity index (χ2v) is 9.76. The predicted octanol–water partition coefficient (Wildman–Crippen LogP) is 6.04. The summed E-state index contributed by atoms with van der Waals surface area (Å²) in [6.45, 7) is 0.280. The van der Waals surface area contributed by atoms with Crippen molar-refractivity contribution in [3.63, 3.8) is 0 Å². The van der Waals surface area contributed by atoms with Crippen molar-refractivity contribution in [2.45, 2.75) is 12.6 Å². The molecule has 184 valence electrons. The van der Waals surface area contributed by atoms with Gasteiger partial charge in [-0.05, 0) is 35.4 Å². The number of rotatable bonds is 8. The fourth-order valence-corrected chi connectivity index (χ4v) is 5.16. The van der Waals surface area contributed by atoms with E-state index in [0.717, 1.165) is 17.3 Å². The monoisotopic (exact) mass is 539 g/mol. The molecule has 3 aromatic carbocycles. The van der Waals surface area contributed by atoms with Crippen LogP contribution in [0.3, 0.4) is 0 Å². The smallest absolute Gasteiger partial charge is 0.333 e. The summed E-state index contributed by atoms with van der Waals surface area (Å²) < 4.78 is 16.7. The van der Waals surface area contributed by atoms with Gasteiger partial charge in [-0.2, -0.15) is 0 Å². The largest absolute Gasteiger partial charge is 0.493 e. The van der Waals surface area contributed by atoms with Crippen molar-refractivity contribution in [1.29, 1.82) is 0 Å². The van der Waals surface area contributed by atoms with Crippen molar-refractivity contribution in [2.24, 2.45) is 0 Å². The highest BCUT2D eigenvalue weighted by Gasteiger charge is 2.41. The third-order valence-electron chi connectivity index (χ3n) is 5.45. The molecular formula is C27H22ClNO5S2. The topological polar surface area (TPSA) is 65.1 Å². The van der Waals surface area contributed by atoms with Crippen molar-refractivity contribution in [2.75, 3.05) is 14.2 Å². The predicted molar refractivity (Wildman–Crippen MR) is 145 cm³/mol. The van der Waals surface area contributed by atoms with Gasteiger partial charge in [0.2, 0.25) is 0 Å². The first kappa shape index (κ1) is 25.8. The lowest BCUT2D eigenvalue weighted by molar-refractivity contribution is -0.148. The maximum atomic E-state index is 13.3. The van der Waals surface area contributed by atoms with Crippen molar-refractivity contribution < 1.29 is 23.8 Å². The van der Waals surface area contributed by atoms with Gasteiger partial charge in [0, 0.05) is 10.6 Å². The van der Waals surface area contributed by atoms with Crippen LogP contribution in [0.5, 0.6) is 11.5 Å². The average molecular weight is 540 g/mol. The lowest BCUT2D eigenvalue weighted by Gasteiger charge is -2.24. The molecule has 1 saturated heterocycles. The molecule has 1 fully saturated rings. The summed E-state index contributed by atoms with van der Waals surface area (Å²) in [6, 6.07) is 20.8. The van der Waals surface area contributed by atoms with E-state index in [-0.39, 0.29) is 16.8 Å². The van der Waals surface area contributed by atoms with Crippen LogP contribution in [0.15, 0.2) is 77.7 Å². The third kappa shape index (κ3) is 5.56. The summed E-state index contributed by atoms with van der Waals surface area (Å²) in [4.78, 5) is 27.6. The van der Waals surface area contributed by atoms with Crippen molar-refractivity contribution in [3.8, 4) is 11.5 Å². The maximum absolute atomic E-state index is 13.3. The lowest BCUT2D eigenvalue weighted by atomic mass is 10.1. The Morgan fingerprint density at radius 1 is 1.06 bits per heavy atom. The van der Waals surface area contributed by atoms with Gasteiger partial charge in [-0.25, -0.2) is 4.79 Å². The number of thioether (sulfide) groups is 1. The van der Waals surface area contributed by atoms with Crippen LogP contribution in [0.1, 0.15) is 22.7 Å². The number of hydrogen-bond donors (Lipinski definition) is 0. The molecule has 9 heteroatoms. The number of hydrogen-bond acceptors (Lipinski definition) is 7. The molecule has 0 radical (unpaired) electrons. The zero-order chi connectivity index (χ0) is 25.7. The second kappa shape index (κ2) is 11.6. The second-order valence-electron chi connectivity index (χ2n) is 7.68. The van der Waals surface area contributed by atoms with Gasteiger partial charge in [0.1, 0.15) is 10.9 Å². The van der Waals surface area contributed by atoms with Crippen LogP contribution in [-0.2, 0) is 20.9 Å². The first-order valence-electron chi connectivity index (χ1n) is 10.9. The Kier molecular flexibility index (Phi) is 8.30. The van der Waals surface area contributed by atoms with Crippen molar-refractivity contribution >= 4 is 57.9 Å². The molecule has 1 heterocycles. The number of nitrogens with zero attached hydrogens (tertiary/aromatic N) is 1. The highest BCUT2D eigenvalue weighted by Crippen LogP contribution is 2.39. The quantitative estimate of drug-likeness (QED) is 0.196. The zero-order valence-corrected chi connectivity index (χ0v) is 21.9. The number of esters is 1. The number of carbonyl (C=O) groups excluding carboxylic acids is 2. The molecule has 1 atom stereocenters. The van der Waals surface area contributed by atoms with Gasteiger partial charge in [0.15, 0.2) is 17.5 Å².